The smallest absolute Gasteiger partial charge is 0.236 e. The number of hydrogen-bond donors (Lipinski definition) is 2. The summed E-state index contributed by atoms with van der Waals surface area (Å²) in [6, 6.07) is 2.12. The fraction of sp³-hybridized carbons (Fsp3) is 0.667. The number of anilines is 1. The van der Waals surface area contributed by atoms with Crippen LogP contribution in [0.3, 0.4) is 0 Å². The average Bonchev–Trinajstić information content (AvgIpc) is 3.00. The van der Waals surface area contributed by atoms with Crippen LogP contribution >= 0.6 is 0 Å². The summed E-state index contributed by atoms with van der Waals surface area (Å²) in [5.41, 5.74) is 0.859. The standard InChI is InChI=1S/C15H26N6O/c1-16-13-8-11(9-21(4)14(22)10-20(2)3)18-15(19-13)12-6-5-7-17-12/h8,12,17H,5-7,9-10H2,1-4H3,(H,16,18,19)/t12-/m0/s1. The Morgan fingerprint density at radius 3 is 2.77 bits per heavy atom. The van der Waals surface area contributed by atoms with E-state index >= 15 is 0 Å². The molecule has 1 aromatic heterocycles. The van der Waals surface area contributed by atoms with Crippen LogP contribution in [-0.4, -0.2) is 67.0 Å². The van der Waals surface area contributed by atoms with Gasteiger partial charge in [-0.25, -0.2) is 9.97 Å². The van der Waals surface area contributed by atoms with E-state index in [2.05, 4.69) is 20.6 Å². The molecule has 1 aliphatic rings. The quantitative estimate of drug-likeness (QED) is 0.795. The van der Waals surface area contributed by atoms with Gasteiger partial charge in [-0.2, -0.15) is 0 Å². The highest BCUT2D eigenvalue weighted by atomic mass is 16.2. The number of hydrogen-bond acceptors (Lipinski definition) is 6. The van der Waals surface area contributed by atoms with Crippen LogP contribution in [0.25, 0.3) is 0 Å². The third-order valence-corrected chi connectivity index (χ3v) is 3.70. The Hall–Kier alpha value is -1.73. The number of nitrogens with zero attached hydrogens (tertiary/aromatic N) is 4. The lowest BCUT2D eigenvalue weighted by molar-refractivity contribution is -0.131. The van der Waals surface area contributed by atoms with E-state index in [9.17, 15) is 4.79 Å². The zero-order valence-electron chi connectivity index (χ0n) is 13.9. The second-order valence-corrected chi connectivity index (χ2v) is 5.99. The molecule has 1 amide bonds. The van der Waals surface area contributed by atoms with Crippen LogP contribution in [0.4, 0.5) is 5.82 Å². The third-order valence-electron chi connectivity index (χ3n) is 3.70. The highest BCUT2D eigenvalue weighted by Crippen LogP contribution is 2.21. The highest BCUT2D eigenvalue weighted by molar-refractivity contribution is 5.77. The maximum atomic E-state index is 12.1. The van der Waals surface area contributed by atoms with E-state index < -0.39 is 0 Å². The molecular formula is C15H26N6O. The molecule has 1 aliphatic heterocycles. The van der Waals surface area contributed by atoms with E-state index in [4.69, 9.17) is 0 Å². The van der Waals surface area contributed by atoms with Crippen molar-refractivity contribution in [3.8, 4) is 0 Å². The summed E-state index contributed by atoms with van der Waals surface area (Å²) in [4.78, 5) is 24.8. The van der Waals surface area contributed by atoms with Crippen molar-refractivity contribution in [2.24, 2.45) is 0 Å². The lowest BCUT2D eigenvalue weighted by atomic mass is 10.2. The van der Waals surface area contributed by atoms with E-state index in [0.717, 1.165) is 36.7 Å². The summed E-state index contributed by atoms with van der Waals surface area (Å²) in [5.74, 6) is 1.69. The minimum Gasteiger partial charge on any atom is -0.373 e. The molecule has 2 rings (SSSR count). The first-order valence-corrected chi connectivity index (χ1v) is 7.67. The number of carbonyl (C=O) groups is 1. The largest absolute Gasteiger partial charge is 0.373 e. The van der Waals surface area contributed by atoms with Crippen molar-refractivity contribution in [2.45, 2.75) is 25.4 Å². The molecule has 0 bridgehead atoms. The zero-order chi connectivity index (χ0) is 16.1. The van der Waals surface area contributed by atoms with Crippen LogP contribution in [-0.2, 0) is 11.3 Å². The van der Waals surface area contributed by atoms with Crippen LogP contribution in [0.2, 0.25) is 0 Å². The van der Waals surface area contributed by atoms with Gasteiger partial charge in [0.05, 0.1) is 24.8 Å². The fourth-order valence-corrected chi connectivity index (χ4v) is 2.51. The number of nitrogens with one attached hydrogen (secondary N) is 2. The maximum absolute atomic E-state index is 12.1. The van der Waals surface area contributed by atoms with Gasteiger partial charge in [-0.05, 0) is 33.5 Å². The Balaban J connectivity index is 2.12. The summed E-state index contributed by atoms with van der Waals surface area (Å²) in [6.07, 6.45) is 2.20. The predicted octanol–water partition coefficient (Wildman–Crippen LogP) is 0.463. The molecule has 0 spiro atoms. The molecule has 0 unspecified atom stereocenters. The minimum atomic E-state index is 0.0789. The molecule has 0 aliphatic carbocycles. The van der Waals surface area contributed by atoms with E-state index in [0.29, 0.717) is 13.1 Å². The lowest BCUT2D eigenvalue weighted by Gasteiger charge is -2.20. The van der Waals surface area contributed by atoms with E-state index in [1.54, 1.807) is 11.9 Å². The topological polar surface area (TPSA) is 73.4 Å². The van der Waals surface area contributed by atoms with Gasteiger partial charge < -0.3 is 20.4 Å². The first-order chi connectivity index (χ1) is 10.5. The average molecular weight is 306 g/mol. The van der Waals surface area contributed by atoms with Crippen LogP contribution in [0, 0.1) is 0 Å². The van der Waals surface area contributed by atoms with Crippen LogP contribution in [0.15, 0.2) is 6.07 Å². The molecule has 0 radical (unpaired) electrons. The van der Waals surface area contributed by atoms with Gasteiger partial charge in [-0.3, -0.25) is 4.79 Å². The minimum absolute atomic E-state index is 0.0789. The van der Waals surface area contributed by atoms with Crippen LogP contribution < -0.4 is 10.6 Å². The predicted molar refractivity (Wildman–Crippen MR) is 86.6 cm³/mol. The van der Waals surface area contributed by atoms with E-state index in [1.807, 2.05) is 32.1 Å². The molecule has 2 N–H and O–H groups in total. The van der Waals surface area contributed by atoms with Gasteiger partial charge in [0.1, 0.15) is 11.6 Å². The van der Waals surface area contributed by atoms with Gasteiger partial charge in [0.15, 0.2) is 0 Å². The van der Waals surface area contributed by atoms with Crippen molar-refractivity contribution >= 4 is 11.7 Å². The van der Waals surface area contributed by atoms with Gasteiger partial charge in [-0.1, -0.05) is 0 Å². The van der Waals surface area contributed by atoms with E-state index in [-0.39, 0.29) is 11.9 Å². The number of rotatable bonds is 6. The molecular weight excluding hydrogens is 280 g/mol. The van der Waals surface area contributed by atoms with Crippen molar-refractivity contribution in [3.05, 3.63) is 17.6 Å². The lowest BCUT2D eigenvalue weighted by Crippen LogP contribution is -2.35. The molecule has 0 aromatic carbocycles. The van der Waals surface area contributed by atoms with Gasteiger partial charge in [0.2, 0.25) is 5.91 Å². The molecule has 1 atom stereocenters. The Morgan fingerprint density at radius 2 is 2.18 bits per heavy atom. The Bertz CT molecular complexity index is 513. The second-order valence-electron chi connectivity index (χ2n) is 5.99. The summed E-state index contributed by atoms with van der Waals surface area (Å²) in [5, 5.41) is 6.49. The SMILES string of the molecule is CNc1cc(CN(C)C(=O)CN(C)C)nc([C@@H]2CCCN2)n1. The molecule has 2 heterocycles. The highest BCUT2D eigenvalue weighted by Gasteiger charge is 2.20. The fourth-order valence-electron chi connectivity index (χ4n) is 2.51. The molecule has 7 nitrogen and oxygen atoms in total. The first kappa shape index (κ1) is 16.6. The first-order valence-electron chi connectivity index (χ1n) is 7.67. The van der Waals surface area contributed by atoms with Crippen molar-refractivity contribution in [1.29, 1.82) is 0 Å². The molecule has 1 aromatic rings. The normalized spacial score (nSPS) is 17.8. The Labute approximate surface area is 132 Å². The van der Waals surface area contributed by atoms with Crippen molar-refractivity contribution in [3.63, 3.8) is 0 Å². The van der Waals surface area contributed by atoms with Crippen molar-refractivity contribution in [1.82, 2.24) is 25.1 Å². The monoisotopic (exact) mass is 306 g/mol. The van der Waals surface area contributed by atoms with Crippen LogP contribution in [0.1, 0.15) is 30.4 Å². The summed E-state index contributed by atoms with van der Waals surface area (Å²) in [7, 11) is 7.43. The summed E-state index contributed by atoms with van der Waals surface area (Å²) in [6.45, 7) is 1.90. The summed E-state index contributed by atoms with van der Waals surface area (Å²) < 4.78 is 0. The van der Waals surface area contributed by atoms with Gasteiger partial charge in [0, 0.05) is 20.2 Å². The third kappa shape index (κ3) is 4.38. The number of likely N-dealkylation sites (N-methyl/N-ethyl adjacent to an activating group) is 2. The second kappa shape index (κ2) is 7.51. The van der Waals surface area contributed by atoms with Gasteiger partial charge in [-0.15, -0.1) is 0 Å². The number of amides is 1. The van der Waals surface area contributed by atoms with Gasteiger partial charge >= 0.3 is 0 Å². The molecule has 22 heavy (non-hydrogen) atoms. The Kier molecular flexibility index (Phi) is 5.68. The summed E-state index contributed by atoms with van der Waals surface area (Å²) >= 11 is 0. The Morgan fingerprint density at radius 1 is 1.41 bits per heavy atom. The molecule has 1 fully saturated rings. The molecule has 1 saturated heterocycles. The van der Waals surface area contributed by atoms with Gasteiger partial charge in [0.25, 0.3) is 0 Å². The van der Waals surface area contributed by atoms with E-state index in [1.165, 1.54) is 0 Å². The number of aromatic nitrogens is 2. The number of carbonyl (C=O) groups excluding carboxylic acids is 1. The maximum Gasteiger partial charge on any atom is 0.236 e. The van der Waals surface area contributed by atoms with Crippen molar-refractivity contribution < 1.29 is 4.79 Å². The van der Waals surface area contributed by atoms with Crippen molar-refractivity contribution in [2.75, 3.05) is 46.6 Å². The molecule has 122 valence electrons. The zero-order valence-corrected chi connectivity index (χ0v) is 13.9. The van der Waals surface area contributed by atoms with Crippen LogP contribution in [0.5, 0.6) is 0 Å². The molecule has 7 heteroatoms. The molecule has 0 saturated carbocycles.